The number of nitrogens with zero attached hydrogens (tertiary/aromatic N) is 1. The first kappa shape index (κ1) is 18.3. The van der Waals surface area contributed by atoms with Gasteiger partial charge in [0.15, 0.2) is 0 Å². The van der Waals surface area contributed by atoms with Gasteiger partial charge in [0.1, 0.15) is 11.4 Å². The molecule has 1 aromatic heterocycles. The van der Waals surface area contributed by atoms with Gasteiger partial charge in [0.2, 0.25) is 0 Å². The number of pyridine rings is 1. The zero-order valence-corrected chi connectivity index (χ0v) is 14.1. The molecule has 1 rings (SSSR count). The van der Waals surface area contributed by atoms with Crippen molar-refractivity contribution in [2.75, 3.05) is 13.7 Å². The van der Waals surface area contributed by atoms with Gasteiger partial charge in [0.05, 0.1) is 12.8 Å². The molecule has 0 fully saturated rings. The van der Waals surface area contributed by atoms with Crippen LogP contribution < -0.4 is 10.1 Å². The number of aryl methyl sites for hydroxylation is 1. The molecule has 0 aliphatic rings. The highest BCUT2D eigenvalue weighted by Gasteiger charge is 2.15. The van der Waals surface area contributed by atoms with Crippen LogP contribution in [0.5, 0.6) is 5.75 Å². The molecule has 0 bridgehead atoms. The number of carbonyl (C=O) groups excluding carboxylic acids is 1. The Kier molecular flexibility index (Phi) is 7.71. The summed E-state index contributed by atoms with van der Waals surface area (Å²) in [6.45, 7) is 6.23. The largest absolute Gasteiger partial charge is 0.495 e. The van der Waals surface area contributed by atoms with Gasteiger partial charge in [-0.25, -0.2) is 4.79 Å². The first-order chi connectivity index (χ1) is 10.4. The van der Waals surface area contributed by atoms with E-state index in [-0.39, 0.29) is 6.09 Å². The summed E-state index contributed by atoms with van der Waals surface area (Å²) in [7, 11) is 1.67. The maximum Gasteiger partial charge on any atom is 0.407 e. The number of rotatable bonds is 8. The van der Waals surface area contributed by atoms with Crippen molar-refractivity contribution in [1.29, 1.82) is 0 Å². The third-order valence-electron chi connectivity index (χ3n) is 3.08. The minimum atomic E-state index is -0.439. The van der Waals surface area contributed by atoms with Gasteiger partial charge in [-0.3, -0.25) is 4.98 Å². The molecular formula is C17H28N2O3. The predicted octanol–water partition coefficient (Wildman–Crippen LogP) is 3.72. The summed E-state index contributed by atoms with van der Waals surface area (Å²) in [6, 6.07) is 3.82. The lowest BCUT2D eigenvalue weighted by Gasteiger charge is -2.19. The van der Waals surface area contributed by atoms with Crippen molar-refractivity contribution < 1.29 is 14.3 Å². The van der Waals surface area contributed by atoms with Crippen LogP contribution in [0.2, 0.25) is 0 Å². The Morgan fingerprint density at radius 3 is 2.64 bits per heavy atom. The number of methoxy groups -OCH3 is 1. The molecule has 0 aliphatic heterocycles. The predicted molar refractivity (Wildman–Crippen MR) is 87.2 cm³/mol. The topological polar surface area (TPSA) is 60.5 Å². The molecule has 0 aliphatic carbocycles. The average molecular weight is 308 g/mol. The summed E-state index contributed by atoms with van der Waals surface area (Å²) in [5.74, 6) is 0.856. The van der Waals surface area contributed by atoms with E-state index >= 15 is 0 Å². The molecule has 22 heavy (non-hydrogen) atoms. The molecule has 0 spiro atoms. The van der Waals surface area contributed by atoms with Crippen LogP contribution in [0.3, 0.4) is 0 Å². The number of unbranched alkanes of at least 4 members (excludes halogenated alkanes) is 3. The molecule has 1 amide bonds. The number of alkyl carbamates (subject to hydrolysis) is 1. The lowest BCUT2D eigenvalue weighted by Crippen LogP contribution is -2.32. The fourth-order valence-electron chi connectivity index (χ4n) is 2.07. The van der Waals surface area contributed by atoms with Crippen molar-refractivity contribution in [3.63, 3.8) is 0 Å². The van der Waals surface area contributed by atoms with Crippen LogP contribution in [0.15, 0.2) is 18.3 Å². The van der Waals surface area contributed by atoms with Crippen LogP contribution in [0.1, 0.15) is 52.1 Å². The second-order valence-electron chi connectivity index (χ2n) is 6.25. The molecular weight excluding hydrogens is 280 g/mol. The summed E-state index contributed by atoms with van der Waals surface area (Å²) in [4.78, 5) is 15.8. The third-order valence-corrected chi connectivity index (χ3v) is 3.08. The van der Waals surface area contributed by atoms with E-state index in [1.165, 1.54) is 0 Å². The van der Waals surface area contributed by atoms with Crippen molar-refractivity contribution in [2.45, 2.75) is 58.5 Å². The number of hydrogen-bond acceptors (Lipinski definition) is 4. The first-order valence-corrected chi connectivity index (χ1v) is 7.87. The molecule has 124 valence electrons. The van der Waals surface area contributed by atoms with Crippen molar-refractivity contribution in [2.24, 2.45) is 0 Å². The summed E-state index contributed by atoms with van der Waals surface area (Å²) < 4.78 is 10.5. The molecule has 0 aromatic carbocycles. The monoisotopic (exact) mass is 308 g/mol. The summed E-state index contributed by atoms with van der Waals surface area (Å²) >= 11 is 0. The normalized spacial score (nSPS) is 11.1. The highest BCUT2D eigenvalue weighted by atomic mass is 16.6. The summed E-state index contributed by atoms with van der Waals surface area (Å²) in [5, 5.41) is 2.77. The molecule has 0 atom stereocenters. The SMILES string of the molecule is COc1cccnc1CCCCCCNC(=O)OC(C)(C)C. The lowest BCUT2D eigenvalue weighted by atomic mass is 10.1. The second kappa shape index (κ2) is 9.28. The van der Waals surface area contributed by atoms with Crippen LogP contribution in [-0.4, -0.2) is 30.3 Å². The lowest BCUT2D eigenvalue weighted by molar-refractivity contribution is 0.0527. The summed E-state index contributed by atoms with van der Waals surface area (Å²) in [6.07, 6.45) is 6.58. The van der Waals surface area contributed by atoms with Crippen molar-refractivity contribution in [3.8, 4) is 5.75 Å². The average Bonchev–Trinajstić information content (AvgIpc) is 2.44. The van der Waals surface area contributed by atoms with E-state index in [4.69, 9.17) is 9.47 Å². The molecule has 1 heterocycles. The van der Waals surface area contributed by atoms with E-state index < -0.39 is 5.60 Å². The minimum Gasteiger partial charge on any atom is -0.495 e. The van der Waals surface area contributed by atoms with Gasteiger partial charge in [-0.05, 0) is 52.2 Å². The summed E-state index contributed by atoms with van der Waals surface area (Å²) in [5.41, 5.74) is 0.572. The highest BCUT2D eigenvalue weighted by molar-refractivity contribution is 5.67. The van der Waals surface area contributed by atoms with Crippen LogP contribution in [-0.2, 0) is 11.2 Å². The molecule has 0 unspecified atom stereocenters. The Labute approximate surface area is 133 Å². The smallest absolute Gasteiger partial charge is 0.407 e. The van der Waals surface area contributed by atoms with Crippen molar-refractivity contribution in [1.82, 2.24) is 10.3 Å². The highest BCUT2D eigenvalue weighted by Crippen LogP contribution is 2.17. The van der Waals surface area contributed by atoms with Gasteiger partial charge in [-0.15, -0.1) is 0 Å². The number of ether oxygens (including phenoxy) is 2. The van der Waals surface area contributed by atoms with Gasteiger partial charge < -0.3 is 14.8 Å². The first-order valence-electron chi connectivity index (χ1n) is 7.87. The molecule has 1 N–H and O–H groups in total. The maximum atomic E-state index is 11.4. The molecule has 5 heteroatoms. The van der Waals surface area contributed by atoms with Crippen LogP contribution in [0.4, 0.5) is 4.79 Å². The van der Waals surface area contributed by atoms with E-state index in [9.17, 15) is 4.79 Å². The van der Waals surface area contributed by atoms with Gasteiger partial charge in [-0.2, -0.15) is 0 Å². The van der Waals surface area contributed by atoms with Gasteiger partial charge >= 0.3 is 6.09 Å². The molecule has 0 saturated carbocycles. The molecule has 0 saturated heterocycles. The van der Waals surface area contributed by atoms with E-state index in [1.807, 2.05) is 32.9 Å². The number of amides is 1. The van der Waals surface area contributed by atoms with Crippen LogP contribution >= 0.6 is 0 Å². The van der Waals surface area contributed by atoms with E-state index in [0.29, 0.717) is 6.54 Å². The zero-order chi connectivity index (χ0) is 16.4. The van der Waals surface area contributed by atoms with Crippen LogP contribution in [0, 0.1) is 0 Å². The number of carbonyl (C=O) groups is 1. The maximum absolute atomic E-state index is 11.4. The second-order valence-corrected chi connectivity index (χ2v) is 6.25. The van der Waals surface area contributed by atoms with E-state index in [0.717, 1.165) is 43.5 Å². The number of aromatic nitrogens is 1. The quantitative estimate of drug-likeness (QED) is 0.744. The molecule has 1 aromatic rings. The number of nitrogens with one attached hydrogen (secondary N) is 1. The Morgan fingerprint density at radius 1 is 1.23 bits per heavy atom. The Bertz CT molecular complexity index is 455. The molecule has 5 nitrogen and oxygen atoms in total. The third kappa shape index (κ3) is 7.86. The Morgan fingerprint density at radius 2 is 1.95 bits per heavy atom. The van der Waals surface area contributed by atoms with E-state index in [2.05, 4.69) is 10.3 Å². The van der Waals surface area contributed by atoms with E-state index in [1.54, 1.807) is 13.3 Å². The minimum absolute atomic E-state index is 0.342. The van der Waals surface area contributed by atoms with Crippen molar-refractivity contribution >= 4 is 6.09 Å². The van der Waals surface area contributed by atoms with Gasteiger partial charge in [-0.1, -0.05) is 12.8 Å². The Hall–Kier alpha value is -1.78. The van der Waals surface area contributed by atoms with Gasteiger partial charge in [0, 0.05) is 12.7 Å². The van der Waals surface area contributed by atoms with Crippen molar-refractivity contribution in [3.05, 3.63) is 24.0 Å². The Balaban J connectivity index is 2.08. The zero-order valence-electron chi connectivity index (χ0n) is 14.1. The fourth-order valence-corrected chi connectivity index (χ4v) is 2.07. The fraction of sp³-hybridized carbons (Fsp3) is 0.647. The van der Waals surface area contributed by atoms with Gasteiger partial charge in [0.25, 0.3) is 0 Å². The van der Waals surface area contributed by atoms with Crippen LogP contribution in [0.25, 0.3) is 0 Å². The molecule has 0 radical (unpaired) electrons. The number of hydrogen-bond donors (Lipinski definition) is 1. The standard InChI is InChI=1S/C17H28N2O3/c1-17(2,3)22-16(20)19-12-8-6-5-7-10-14-15(21-4)11-9-13-18-14/h9,11,13H,5-8,10,12H2,1-4H3,(H,19,20).